The zero-order chi connectivity index (χ0) is 73.1. The van der Waals surface area contributed by atoms with Gasteiger partial charge in [-0.15, -0.1) is 0 Å². The Morgan fingerprint density at radius 1 is 0.350 bits per heavy atom. The van der Waals surface area contributed by atoms with Crippen molar-refractivity contribution in [2.24, 2.45) is 0 Å². The number of fused-ring (bicyclic) bond motifs is 11. The molecule has 0 spiro atoms. The Kier molecular flexibility index (Phi) is 19.9. The molecule has 0 bridgehead atoms. The standard InChI is InChI=1S/C30H24O8.C30H22O8.C10H12O5.C10H8O2/c2*1-33-21-11-5-15(13-23(21)35-3)25-19-9-7-18-17(27(19)37-29(25)31)8-10-20-26(30(32)38-28(18)20)16-6-12-22(34-2)24(14-16)36-4;1-14-7-4-3-6(5-8(7)15-2)9(11)10(12)13;11-9-5-1-3-7-8(9)4-2-6-10(7)12/h5-14,25-26H,1-4H3;5-14H,1-4H3;3-5,9,11H,1-2H3,(H,12,13);1-6,11-12H. The SMILES string of the molecule is COc1ccc(C(O)C(=O)O)cc1OC.COc1ccc(C2=c3ccc4c5c(ccc4c3OC2=O)=C(c2ccc(OC)c(OC)c2)C(=O)O5)cc1OC.COc1ccc(C2C(=O)Oc3c2ccc2c4c(ccc32)C(c2ccc(OC)c(OC)c2)C(=O)O4)cc1OC.Oc1cccc2c(O)cccc12. The molecule has 4 N–H and O–H groups in total. The van der Waals surface area contributed by atoms with Crippen molar-refractivity contribution in [2.45, 2.75) is 17.9 Å². The Morgan fingerprint density at radius 2 is 0.680 bits per heavy atom. The van der Waals surface area contributed by atoms with Gasteiger partial charge in [0.2, 0.25) is 0 Å². The molecule has 4 heterocycles. The van der Waals surface area contributed by atoms with Crippen LogP contribution in [-0.2, 0) is 24.0 Å². The summed E-state index contributed by atoms with van der Waals surface area (Å²) in [6, 6.07) is 50.6. The highest BCUT2D eigenvalue weighted by Gasteiger charge is 2.41. The average molecular weight is 1400 g/mol. The van der Waals surface area contributed by atoms with Crippen molar-refractivity contribution in [3.63, 3.8) is 0 Å². The molecule has 0 fully saturated rings. The predicted molar refractivity (Wildman–Crippen MR) is 376 cm³/mol. The quantitative estimate of drug-likeness (QED) is 0.0516. The molecule has 0 amide bonds. The molecule has 0 aliphatic carbocycles. The molecule has 0 saturated heterocycles. The molecular weight excluding hydrogens is 1330 g/mol. The maximum absolute atomic E-state index is 13.1. The zero-order valence-corrected chi connectivity index (χ0v) is 57.0. The van der Waals surface area contributed by atoms with Crippen LogP contribution in [0.25, 0.3) is 43.5 Å². The highest BCUT2D eigenvalue weighted by molar-refractivity contribution is 6.23. The summed E-state index contributed by atoms with van der Waals surface area (Å²) < 4.78 is 76.0. The summed E-state index contributed by atoms with van der Waals surface area (Å²) in [6.07, 6.45) is -1.55. The van der Waals surface area contributed by atoms with Gasteiger partial charge in [-0.25, -0.2) is 14.4 Å². The van der Waals surface area contributed by atoms with Gasteiger partial charge in [-0.2, -0.15) is 0 Å². The van der Waals surface area contributed by atoms with Crippen LogP contribution in [0, 0.1) is 0 Å². The van der Waals surface area contributed by atoms with Crippen molar-refractivity contribution in [3.8, 4) is 92.0 Å². The fraction of sp³-hybridized carbons (Fsp3) is 0.163. The number of phenols is 2. The predicted octanol–water partition coefficient (Wildman–Crippen LogP) is 11.2. The van der Waals surface area contributed by atoms with Crippen LogP contribution in [0.3, 0.4) is 0 Å². The number of rotatable bonds is 16. The summed E-state index contributed by atoms with van der Waals surface area (Å²) in [5, 5.41) is 42.0. The van der Waals surface area contributed by atoms with E-state index in [9.17, 15) is 39.3 Å². The highest BCUT2D eigenvalue weighted by atomic mass is 16.6. The Labute approximate surface area is 587 Å². The maximum Gasteiger partial charge on any atom is 0.344 e. The normalized spacial score (nSPS) is 14.4. The first-order chi connectivity index (χ1) is 49.8. The lowest BCUT2D eigenvalue weighted by atomic mass is 9.88. The number of aromatic hydroxyl groups is 2. The van der Waals surface area contributed by atoms with Crippen LogP contribution in [-0.4, -0.2) is 121 Å². The molecule has 15 rings (SSSR count). The summed E-state index contributed by atoms with van der Waals surface area (Å²) in [6.45, 7) is 0. The fourth-order valence-corrected chi connectivity index (χ4v) is 12.8. The first-order valence-corrected chi connectivity index (χ1v) is 31.6. The van der Waals surface area contributed by atoms with E-state index in [0.29, 0.717) is 146 Å². The fourth-order valence-electron chi connectivity index (χ4n) is 12.8. The van der Waals surface area contributed by atoms with Crippen molar-refractivity contribution < 1.29 is 111 Å². The van der Waals surface area contributed by atoms with Crippen molar-refractivity contribution >= 4 is 73.3 Å². The number of hydrogen-bond donors (Lipinski definition) is 4. The van der Waals surface area contributed by atoms with Gasteiger partial charge in [-0.1, -0.05) is 78.9 Å². The van der Waals surface area contributed by atoms with Crippen molar-refractivity contribution in [2.75, 3.05) is 71.1 Å². The molecule has 524 valence electrons. The van der Waals surface area contributed by atoms with Gasteiger partial charge in [-0.3, -0.25) is 9.59 Å². The van der Waals surface area contributed by atoms with Gasteiger partial charge < -0.3 is 86.7 Å². The lowest BCUT2D eigenvalue weighted by molar-refractivity contribution is -0.147. The Morgan fingerprint density at radius 3 is 1.05 bits per heavy atom. The molecular formula is C80H66O23. The topological polar surface area (TPSA) is 295 Å². The monoisotopic (exact) mass is 1390 g/mol. The number of ether oxygens (including phenoxy) is 14. The molecule has 11 aromatic rings. The third-order valence-corrected chi connectivity index (χ3v) is 17.8. The minimum absolute atomic E-state index is 0.198. The number of carbonyl (C=O) groups is 5. The minimum atomic E-state index is -1.55. The van der Waals surface area contributed by atoms with Crippen LogP contribution in [0.2, 0.25) is 0 Å². The molecule has 11 aromatic carbocycles. The van der Waals surface area contributed by atoms with Crippen LogP contribution in [0.4, 0.5) is 0 Å². The number of aliphatic hydroxyl groups is 1. The van der Waals surface area contributed by atoms with Gasteiger partial charge in [0.05, 0.1) is 82.2 Å². The van der Waals surface area contributed by atoms with E-state index in [1.165, 1.54) is 40.6 Å². The second-order valence-electron chi connectivity index (χ2n) is 23.2. The molecule has 3 atom stereocenters. The van der Waals surface area contributed by atoms with Crippen molar-refractivity contribution in [3.05, 3.63) is 225 Å². The Bertz CT molecular complexity index is 5090. The van der Waals surface area contributed by atoms with E-state index in [0.717, 1.165) is 22.3 Å². The molecule has 3 unspecified atom stereocenters. The molecule has 4 aliphatic heterocycles. The van der Waals surface area contributed by atoms with Crippen LogP contribution in [0.5, 0.6) is 92.0 Å². The van der Waals surface area contributed by atoms with Gasteiger partial charge in [0.25, 0.3) is 0 Å². The van der Waals surface area contributed by atoms with Gasteiger partial charge in [0.1, 0.15) is 46.3 Å². The number of carboxylic acids is 1. The number of aliphatic carboxylic acids is 1. The second-order valence-corrected chi connectivity index (χ2v) is 23.2. The van der Waals surface area contributed by atoms with Gasteiger partial charge in [0, 0.05) is 53.9 Å². The van der Waals surface area contributed by atoms with Crippen LogP contribution in [0.15, 0.2) is 176 Å². The third-order valence-electron chi connectivity index (χ3n) is 17.8. The van der Waals surface area contributed by atoms with Gasteiger partial charge in [-0.05, 0) is 125 Å². The maximum atomic E-state index is 13.1. The third kappa shape index (κ3) is 12.9. The van der Waals surface area contributed by atoms with Crippen molar-refractivity contribution in [1.29, 1.82) is 0 Å². The minimum Gasteiger partial charge on any atom is -0.507 e. The summed E-state index contributed by atoms with van der Waals surface area (Å²) >= 11 is 0. The number of esters is 4. The lowest BCUT2D eigenvalue weighted by Gasteiger charge is -2.13. The molecule has 23 nitrogen and oxygen atoms in total. The number of methoxy groups -OCH3 is 10. The molecule has 0 saturated carbocycles. The summed E-state index contributed by atoms with van der Waals surface area (Å²) in [4.78, 5) is 62.7. The number of carbonyl (C=O) groups excluding carboxylic acids is 4. The number of phenolic OH excluding ortho intramolecular Hbond substituents is 2. The smallest absolute Gasteiger partial charge is 0.344 e. The largest absolute Gasteiger partial charge is 0.507 e. The molecule has 103 heavy (non-hydrogen) atoms. The molecule has 0 aromatic heterocycles. The summed E-state index contributed by atoms with van der Waals surface area (Å²) in [7, 11) is 15.3. The van der Waals surface area contributed by atoms with Crippen molar-refractivity contribution in [1.82, 2.24) is 0 Å². The van der Waals surface area contributed by atoms with E-state index in [1.807, 2.05) is 48.5 Å². The second kappa shape index (κ2) is 29.4. The number of aliphatic hydroxyl groups excluding tert-OH is 1. The van der Waals surface area contributed by atoms with E-state index in [-0.39, 0.29) is 29.0 Å². The van der Waals surface area contributed by atoms with Gasteiger partial charge >= 0.3 is 29.8 Å². The molecule has 23 heteroatoms. The van der Waals surface area contributed by atoms with Crippen LogP contribution >= 0.6 is 0 Å². The summed E-state index contributed by atoms with van der Waals surface area (Å²) in [5.74, 6) is 3.05. The van der Waals surface area contributed by atoms with E-state index >= 15 is 0 Å². The van der Waals surface area contributed by atoms with Crippen LogP contribution in [0.1, 0.15) is 56.9 Å². The first kappa shape index (κ1) is 69.7. The number of benzene rings is 11. The van der Waals surface area contributed by atoms with Crippen LogP contribution < -0.4 is 76.8 Å². The van der Waals surface area contributed by atoms with E-state index in [2.05, 4.69) is 0 Å². The Hall–Kier alpha value is -13.2. The number of carboxylic acid groups (broad SMARTS) is 1. The zero-order valence-electron chi connectivity index (χ0n) is 57.0. The lowest BCUT2D eigenvalue weighted by Crippen LogP contribution is -2.11. The Balaban J connectivity index is 0.000000143. The van der Waals surface area contributed by atoms with E-state index < -0.39 is 35.8 Å². The van der Waals surface area contributed by atoms with Gasteiger partial charge in [0.15, 0.2) is 63.6 Å². The molecule has 4 aliphatic rings. The average Bonchev–Trinajstić information content (AvgIpc) is 1.58. The molecule has 0 radical (unpaired) electrons. The number of hydrogen-bond acceptors (Lipinski definition) is 22. The first-order valence-electron chi connectivity index (χ1n) is 31.6. The highest BCUT2D eigenvalue weighted by Crippen LogP contribution is 2.51. The van der Waals surface area contributed by atoms with E-state index in [1.54, 1.807) is 158 Å². The summed E-state index contributed by atoms with van der Waals surface area (Å²) in [5.41, 5.74) is 5.28. The van der Waals surface area contributed by atoms with E-state index in [4.69, 9.17) is 71.4 Å².